The average Bonchev–Trinajstić information content (AvgIpc) is 2.19. The molecular weight excluding hydrogens is 262 g/mol. The molecule has 0 amide bonds. The Morgan fingerprint density at radius 2 is 2.06 bits per heavy atom. The van der Waals surface area contributed by atoms with Crippen LogP contribution in [0.3, 0.4) is 0 Å². The van der Waals surface area contributed by atoms with E-state index in [1.165, 1.54) is 12.1 Å². The van der Waals surface area contributed by atoms with E-state index in [2.05, 4.69) is 0 Å². The summed E-state index contributed by atoms with van der Waals surface area (Å²) in [6.07, 6.45) is -2.77. The van der Waals surface area contributed by atoms with Crippen LogP contribution in [0.5, 0.6) is 0 Å². The highest BCUT2D eigenvalue weighted by molar-refractivity contribution is 7.89. The third-order valence-corrected chi connectivity index (χ3v) is 3.41. The Balaban J connectivity index is 3.02. The van der Waals surface area contributed by atoms with Gasteiger partial charge in [-0.15, -0.1) is 0 Å². The Hall–Kier alpha value is -0.920. The van der Waals surface area contributed by atoms with E-state index in [1.54, 1.807) is 4.72 Å². The van der Waals surface area contributed by atoms with Crippen LogP contribution in [0.1, 0.15) is 0 Å². The molecule has 90 valence electrons. The molecule has 0 aromatic heterocycles. The quantitative estimate of drug-likeness (QED) is 0.814. The molecule has 0 aliphatic rings. The molecule has 1 rings (SSSR count). The monoisotopic (exact) mass is 270 g/mol. The van der Waals surface area contributed by atoms with E-state index in [4.69, 9.17) is 17.3 Å². The molecule has 0 bridgehead atoms. The van der Waals surface area contributed by atoms with Crippen molar-refractivity contribution in [3.05, 3.63) is 23.2 Å². The smallest absolute Gasteiger partial charge is 0.251 e. The van der Waals surface area contributed by atoms with Crippen molar-refractivity contribution in [1.29, 1.82) is 0 Å². The van der Waals surface area contributed by atoms with Gasteiger partial charge in [0.1, 0.15) is 4.90 Å². The molecule has 0 radical (unpaired) electrons. The minimum atomic E-state index is -4.05. The second-order valence-electron chi connectivity index (χ2n) is 2.93. The van der Waals surface area contributed by atoms with E-state index >= 15 is 0 Å². The first-order valence-electron chi connectivity index (χ1n) is 4.16. The van der Waals surface area contributed by atoms with Crippen LogP contribution in [-0.2, 0) is 10.0 Å². The van der Waals surface area contributed by atoms with Crippen molar-refractivity contribution < 1.29 is 17.2 Å². The highest BCUT2D eigenvalue weighted by Crippen LogP contribution is 2.22. The Kier molecular flexibility index (Phi) is 4.06. The van der Waals surface area contributed by atoms with Crippen LogP contribution >= 0.6 is 11.6 Å². The summed E-state index contributed by atoms with van der Waals surface area (Å²) in [5.41, 5.74) is 5.37. The van der Waals surface area contributed by atoms with Gasteiger partial charge in [0, 0.05) is 5.02 Å². The van der Waals surface area contributed by atoms with Crippen molar-refractivity contribution in [3.8, 4) is 0 Å². The summed E-state index contributed by atoms with van der Waals surface area (Å²) >= 11 is 5.59. The van der Waals surface area contributed by atoms with Crippen LogP contribution in [0.4, 0.5) is 14.5 Å². The number of nitrogen functional groups attached to an aromatic ring is 1. The van der Waals surface area contributed by atoms with Crippen LogP contribution in [-0.4, -0.2) is 21.4 Å². The summed E-state index contributed by atoms with van der Waals surface area (Å²) in [6.45, 7) is -0.964. The molecule has 0 aliphatic carbocycles. The lowest BCUT2D eigenvalue weighted by atomic mass is 10.3. The number of halogens is 3. The van der Waals surface area contributed by atoms with E-state index in [-0.39, 0.29) is 15.6 Å². The number of hydrogen-bond acceptors (Lipinski definition) is 3. The molecule has 0 atom stereocenters. The van der Waals surface area contributed by atoms with Crippen LogP contribution in [0.2, 0.25) is 5.02 Å². The Morgan fingerprint density at radius 1 is 1.44 bits per heavy atom. The van der Waals surface area contributed by atoms with Gasteiger partial charge >= 0.3 is 0 Å². The average molecular weight is 271 g/mol. The predicted molar refractivity (Wildman–Crippen MR) is 57.1 cm³/mol. The van der Waals surface area contributed by atoms with Crippen LogP contribution < -0.4 is 10.5 Å². The number of alkyl halides is 2. The maximum atomic E-state index is 11.9. The van der Waals surface area contributed by atoms with Crippen molar-refractivity contribution >= 4 is 27.3 Å². The van der Waals surface area contributed by atoms with Crippen molar-refractivity contribution in [2.45, 2.75) is 11.3 Å². The second-order valence-corrected chi connectivity index (χ2v) is 5.10. The Morgan fingerprint density at radius 3 is 2.62 bits per heavy atom. The molecular formula is C8H9ClF2N2O2S. The summed E-state index contributed by atoms with van der Waals surface area (Å²) in [4.78, 5) is -0.305. The molecule has 0 aliphatic heterocycles. The van der Waals surface area contributed by atoms with Crippen molar-refractivity contribution in [2.24, 2.45) is 0 Å². The number of nitrogens with two attached hydrogens (primary N) is 1. The van der Waals surface area contributed by atoms with Gasteiger partial charge in [-0.2, -0.15) is 0 Å². The van der Waals surface area contributed by atoms with E-state index < -0.39 is 23.0 Å². The molecule has 1 aromatic rings. The van der Waals surface area contributed by atoms with Crippen molar-refractivity contribution in [1.82, 2.24) is 4.72 Å². The number of benzene rings is 1. The van der Waals surface area contributed by atoms with Gasteiger partial charge in [0.25, 0.3) is 6.43 Å². The fraction of sp³-hybridized carbons (Fsp3) is 0.250. The van der Waals surface area contributed by atoms with Gasteiger partial charge in [0.2, 0.25) is 10.0 Å². The number of hydrogen-bond donors (Lipinski definition) is 2. The fourth-order valence-electron chi connectivity index (χ4n) is 0.991. The summed E-state index contributed by atoms with van der Waals surface area (Å²) in [7, 11) is -4.05. The third-order valence-electron chi connectivity index (χ3n) is 1.69. The largest absolute Gasteiger partial charge is 0.398 e. The van der Waals surface area contributed by atoms with Crippen LogP contribution in [0.25, 0.3) is 0 Å². The topological polar surface area (TPSA) is 72.2 Å². The van der Waals surface area contributed by atoms with Gasteiger partial charge in [0.15, 0.2) is 0 Å². The molecule has 0 spiro atoms. The minimum Gasteiger partial charge on any atom is -0.398 e. The number of anilines is 1. The maximum absolute atomic E-state index is 11.9. The molecule has 4 nitrogen and oxygen atoms in total. The Labute approximate surface area is 96.4 Å². The van der Waals surface area contributed by atoms with Gasteiger partial charge in [-0.25, -0.2) is 21.9 Å². The van der Waals surface area contributed by atoms with Crippen molar-refractivity contribution in [3.63, 3.8) is 0 Å². The molecule has 16 heavy (non-hydrogen) atoms. The Bertz CT molecular complexity index is 479. The minimum absolute atomic E-state index is 0.0498. The highest BCUT2D eigenvalue weighted by Gasteiger charge is 2.19. The zero-order chi connectivity index (χ0) is 12.3. The first kappa shape index (κ1) is 13.1. The number of rotatable bonds is 4. The summed E-state index contributed by atoms with van der Waals surface area (Å²) in [5.74, 6) is 0. The van der Waals surface area contributed by atoms with Gasteiger partial charge in [0.05, 0.1) is 12.2 Å². The molecule has 0 unspecified atom stereocenters. The maximum Gasteiger partial charge on any atom is 0.251 e. The van der Waals surface area contributed by atoms with Gasteiger partial charge in [-0.3, -0.25) is 0 Å². The second kappa shape index (κ2) is 4.94. The van der Waals surface area contributed by atoms with E-state index in [0.29, 0.717) is 0 Å². The third kappa shape index (κ3) is 3.29. The summed E-state index contributed by atoms with van der Waals surface area (Å²) < 4.78 is 48.5. The zero-order valence-corrected chi connectivity index (χ0v) is 9.52. The highest BCUT2D eigenvalue weighted by atomic mass is 35.5. The molecule has 1 aromatic carbocycles. The zero-order valence-electron chi connectivity index (χ0n) is 7.95. The normalized spacial score (nSPS) is 12.0. The van der Waals surface area contributed by atoms with Crippen molar-refractivity contribution in [2.75, 3.05) is 12.3 Å². The molecule has 0 heterocycles. The van der Waals surface area contributed by atoms with Gasteiger partial charge in [-0.05, 0) is 18.2 Å². The molecule has 3 N–H and O–H groups in total. The molecule has 0 saturated heterocycles. The van der Waals surface area contributed by atoms with Gasteiger partial charge in [-0.1, -0.05) is 11.6 Å². The first-order valence-corrected chi connectivity index (χ1v) is 6.02. The lowest BCUT2D eigenvalue weighted by Crippen LogP contribution is -2.29. The fourth-order valence-corrected chi connectivity index (χ4v) is 2.39. The number of nitrogens with one attached hydrogen (secondary N) is 1. The SMILES string of the molecule is Nc1ccc(Cl)cc1S(=O)(=O)NCC(F)F. The van der Waals surface area contributed by atoms with E-state index in [1.807, 2.05) is 0 Å². The van der Waals surface area contributed by atoms with Crippen LogP contribution in [0.15, 0.2) is 23.1 Å². The van der Waals surface area contributed by atoms with Gasteiger partial charge < -0.3 is 5.73 Å². The molecule has 0 saturated carbocycles. The first-order chi connectivity index (χ1) is 7.33. The molecule has 8 heteroatoms. The van der Waals surface area contributed by atoms with Crippen LogP contribution in [0, 0.1) is 0 Å². The van der Waals surface area contributed by atoms with E-state index in [0.717, 1.165) is 6.07 Å². The lowest BCUT2D eigenvalue weighted by molar-refractivity contribution is 0.153. The number of sulfonamides is 1. The lowest BCUT2D eigenvalue weighted by Gasteiger charge is -2.08. The predicted octanol–water partition coefficient (Wildman–Crippen LogP) is 1.47. The molecule has 0 fully saturated rings. The summed E-state index contributed by atoms with van der Waals surface area (Å²) in [5, 5.41) is 0.159. The summed E-state index contributed by atoms with van der Waals surface area (Å²) in [6, 6.07) is 3.80. The standard InChI is InChI=1S/C8H9ClF2N2O2S/c9-5-1-2-6(12)7(3-5)16(14,15)13-4-8(10)11/h1-3,8,13H,4,12H2. The van der Waals surface area contributed by atoms with E-state index in [9.17, 15) is 17.2 Å².